The van der Waals surface area contributed by atoms with Crippen LogP contribution >= 0.6 is 0 Å². The van der Waals surface area contributed by atoms with E-state index in [1.807, 2.05) is 31.2 Å². The number of benzene rings is 1. The van der Waals surface area contributed by atoms with Gasteiger partial charge in [-0.1, -0.05) is 12.1 Å². The van der Waals surface area contributed by atoms with Crippen LogP contribution in [0.2, 0.25) is 0 Å². The van der Waals surface area contributed by atoms with Crippen LogP contribution < -0.4 is 11.5 Å². The van der Waals surface area contributed by atoms with Crippen molar-refractivity contribution in [2.75, 3.05) is 5.73 Å². The number of nitrogens with two attached hydrogens (primary N) is 2. The lowest BCUT2D eigenvalue weighted by atomic mass is 10.1. The standard InChI is InChI=1S/C9H14N2/c1-7(10)6-8-2-4-9(11)5-3-8/h2-5,7H,6,10-11H2,1H3/t7-/m1/s1. The average molecular weight is 150 g/mol. The summed E-state index contributed by atoms with van der Waals surface area (Å²) in [5.74, 6) is 0. The first-order valence-electron chi connectivity index (χ1n) is 3.78. The van der Waals surface area contributed by atoms with Crippen molar-refractivity contribution in [1.82, 2.24) is 0 Å². The Morgan fingerprint density at radius 3 is 2.27 bits per heavy atom. The van der Waals surface area contributed by atoms with E-state index >= 15 is 0 Å². The zero-order valence-corrected chi connectivity index (χ0v) is 6.75. The second kappa shape index (κ2) is 3.39. The molecule has 0 fully saturated rings. The molecule has 1 atom stereocenters. The molecule has 1 aromatic rings. The second-order valence-electron chi connectivity index (χ2n) is 2.92. The summed E-state index contributed by atoms with van der Waals surface area (Å²) in [5.41, 5.74) is 13.2. The summed E-state index contributed by atoms with van der Waals surface area (Å²) in [7, 11) is 0. The molecule has 2 nitrogen and oxygen atoms in total. The Bertz CT molecular complexity index is 214. The lowest BCUT2D eigenvalue weighted by Gasteiger charge is -2.04. The summed E-state index contributed by atoms with van der Waals surface area (Å²) < 4.78 is 0. The molecule has 1 rings (SSSR count). The van der Waals surface area contributed by atoms with Crippen molar-refractivity contribution in [3.05, 3.63) is 29.8 Å². The fraction of sp³-hybridized carbons (Fsp3) is 0.333. The first-order chi connectivity index (χ1) is 5.18. The van der Waals surface area contributed by atoms with Crippen LogP contribution in [0.3, 0.4) is 0 Å². The molecule has 0 bridgehead atoms. The third-order valence-corrected chi connectivity index (χ3v) is 1.54. The SMILES string of the molecule is C[C@@H](N)Cc1ccc(N)cc1. The van der Waals surface area contributed by atoms with E-state index in [1.165, 1.54) is 5.56 Å². The minimum Gasteiger partial charge on any atom is -0.399 e. The first-order valence-corrected chi connectivity index (χ1v) is 3.78. The minimum absolute atomic E-state index is 0.221. The van der Waals surface area contributed by atoms with Crippen molar-refractivity contribution in [2.45, 2.75) is 19.4 Å². The summed E-state index contributed by atoms with van der Waals surface area (Å²) in [6.45, 7) is 2.00. The average Bonchev–Trinajstić information content (AvgIpc) is 1.93. The molecule has 0 unspecified atom stereocenters. The Labute approximate surface area is 67.2 Å². The molecule has 0 aliphatic rings. The van der Waals surface area contributed by atoms with Gasteiger partial charge in [0.05, 0.1) is 0 Å². The summed E-state index contributed by atoms with van der Waals surface area (Å²) in [6, 6.07) is 8.05. The van der Waals surface area contributed by atoms with Gasteiger partial charge in [0, 0.05) is 11.7 Å². The molecule has 4 N–H and O–H groups in total. The molecule has 0 aliphatic carbocycles. The third-order valence-electron chi connectivity index (χ3n) is 1.54. The molecule has 1 aromatic carbocycles. The van der Waals surface area contributed by atoms with E-state index in [1.54, 1.807) is 0 Å². The highest BCUT2D eigenvalue weighted by atomic mass is 14.6. The largest absolute Gasteiger partial charge is 0.399 e. The topological polar surface area (TPSA) is 52.0 Å². The van der Waals surface area contributed by atoms with E-state index < -0.39 is 0 Å². The maximum atomic E-state index is 5.63. The van der Waals surface area contributed by atoms with E-state index in [0.717, 1.165) is 12.1 Å². The van der Waals surface area contributed by atoms with Gasteiger partial charge in [-0.05, 0) is 31.0 Å². The van der Waals surface area contributed by atoms with Gasteiger partial charge in [0.25, 0.3) is 0 Å². The molecule has 0 amide bonds. The smallest absolute Gasteiger partial charge is 0.0314 e. The molecule has 0 heterocycles. The van der Waals surface area contributed by atoms with Crippen LogP contribution in [0.4, 0.5) is 5.69 Å². The minimum atomic E-state index is 0.221. The maximum Gasteiger partial charge on any atom is 0.0314 e. The normalized spacial score (nSPS) is 12.9. The fourth-order valence-corrected chi connectivity index (χ4v) is 1.03. The predicted molar refractivity (Wildman–Crippen MR) is 48.2 cm³/mol. The molecule has 0 aromatic heterocycles. The summed E-state index contributed by atoms with van der Waals surface area (Å²) in [6.07, 6.45) is 0.917. The second-order valence-corrected chi connectivity index (χ2v) is 2.92. The van der Waals surface area contributed by atoms with Crippen molar-refractivity contribution in [3.8, 4) is 0 Å². The first kappa shape index (κ1) is 8.08. The molecular formula is C9H14N2. The molecule has 0 saturated heterocycles. The molecule has 0 radical (unpaired) electrons. The number of rotatable bonds is 2. The Kier molecular flexibility index (Phi) is 2.49. The Balaban J connectivity index is 2.66. The van der Waals surface area contributed by atoms with Gasteiger partial charge >= 0.3 is 0 Å². The number of anilines is 1. The van der Waals surface area contributed by atoms with Crippen molar-refractivity contribution in [1.29, 1.82) is 0 Å². The Morgan fingerprint density at radius 1 is 1.27 bits per heavy atom. The highest BCUT2D eigenvalue weighted by Crippen LogP contribution is 2.06. The van der Waals surface area contributed by atoms with Crippen LogP contribution in [-0.4, -0.2) is 6.04 Å². The van der Waals surface area contributed by atoms with E-state index in [0.29, 0.717) is 0 Å². The van der Waals surface area contributed by atoms with Crippen molar-refractivity contribution >= 4 is 5.69 Å². The van der Waals surface area contributed by atoms with Gasteiger partial charge in [0.2, 0.25) is 0 Å². The third kappa shape index (κ3) is 2.60. The van der Waals surface area contributed by atoms with Crippen LogP contribution in [0.15, 0.2) is 24.3 Å². The predicted octanol–water partition coefficient (Wildman–Crippen LogP) is 1.16. The molecule has 0 saturated carbocycles. The molecule has 0 spiro atoms. The number of hydrogen-bond acceptors (Lipinski definition) is 2. The quantitative estimate of drug-likeness (QED) is 0.621. The van der Waals surface area contributed by atoms with E-state index in [2.05, 4.69) is 0 Å². The summed E-state index contributed by atoms with van der Waals surface area (Å²) in [4.78, 5) is 0. The maximum absolute atomic E-state index is 5.63. The van der Waals surface area contributed by atoms with Crippen LogP contribution in [0.1, 0.15) is 12.5 Å². The zero-order valence-electron chi connectivity index (χ0n) is 6.75. The van der Waals surface area contributed by atoms with Gasteiger partial charge in [0.15, 0.2) is 0 Å². The molecular weight excluding hydrogens is 136 g/mol. The van der Waals surface area contributed by atoms with Gasteiger partial charge in [-0.25, -0.2) is 0 Å². The zero-order chi connectivity index (χ0) is 8.27. The Hall–Kier alpha value is -1.02. The van der Waals surface area contributed by atoms with Gasteiger partial charge < -0.3 is 11.5 Å². The van der Waals surface area contributed by atoms with Crippen molar-refractivity contribution in [3.63, 3.8) is 0 Å². The summed E-state index contributed by atoms with van der Waals surface area (Å²) >= 11 is 0. The number of hydrogen-bond donors (Lipinski definition) is 2. The molecule has 0 aliphatic heterocycles. The van der Waals surface area contributed by atoms with Crippen LogP contribution in [0.25, 0.3) is 0 Å². The molecule has 2 heteroatoms. The van der Waals surface area contributed by atoms with Gasteiger partial charge in [-0.3, -0.25) is 0 Å². The highest BCUT2D eigenvalue weighted by Gasteiger charge is 1.95. The number of nitrogen functional groups attached to an aromatic ring is 1. The monoisotopic (exact) mass is 150 g/mol. The van der Waals surface area contributed by atoms with E-state index in [-0.39, 0.29) is 6.04 Å². The molecule has 11 heavy (non-hydrogen) atoms. The van der Waals surface area contributed by atoms with Gasteiger partial charge in [-0.2, -0.15) is 0 Å². The van der Waals surface area contributed by atoms with E-state index in [9.17, 15) is 0 Å². The van der Waals surface area contributed by atoms with Gasteiger partial charge in [-0.15, -0.1) is 0 Å². The van der Waals surface area contributed by atoms with Crippen LogP contribution in [0.5, 0.6) is 0 Å². The lowest BCUT2D eigenvalue weighted by Crippen LogP contribution is -2.17. The Morgan fingerprint density at radius 2 is 1.82 bits per heavy atom. The van der Waals surface area contributed by atoms with Crippen molar-refractivity contribution in [2.24, 2.45) is 5.73 Å². The fourth-order valence-electron chi connectivity index (χ4n) is 1.03. The van der Waals surface area contributed by atoms with Crippen molar-refractivity contribution < 1.29 is 0 Å². The van der Waals surface area contributed by atoms with Gasteiger partial charge in [0.1, 0.15) is 0 Å². The molecule has 60 valence electrons. The van der Waals surface area contributed by atoms with Crippen LogP contribution in [-0.2, 0) is 6.42 Å². The van der Waals surface area contributed by atoms with E-state index in [4.69, 9.17) is 11.5 Å². The lowest BCUT2D eigenvalue weighted by molar-refractivity contribution is 0.738. The highest BCUT2D eigenvalue weighted by molar-refractivity contribution is 5.39. The summed E-state index contributed by atoms with van der Waals surface area (Å²) in [5, 5.41) is 0. The van der Waals surface area contributed by atoms with Crippen LogP contribution in [0, 0.1) is 0 Å².